The summed E-state index contributed by atoms with van der Waals surface area (Å²) in [6.07, 6.45) is 2.15. The van der Waals surface area contributed by atoms with Gasteiger partial charge in [-0.2, -0.15) is 0 Å². The molecule has 30 heavy (non-hydrogen) atoms. The molecule has 3 aromatic rings. The number of amides is 1. The molecule has 0 radical (unpaired) electrons. The van der Waals surface area contributed by atoms with Gasteiger partial charge in [0.1, 0.15) is 25.6 Å². The van der Waals surface area contributed by atoms with Gasteiger partial charge in [0, 0.05) is 19.6 Å². The Labute approximate surface area is 175 Å². The van der Waals surface area contributed by atoms with Crippen molar-refractivity contribution in [2.45, 2.75) is 12.7 Å². The molecular weight excluding hydrogens is 384 g/mol. The van der Waals surface area contributed by atoms with Crippen molar-refractivity contribution in [3.8, 4) is 11.5 Å². The van der Waals surface area contributed by atoms with E-state index < -0.39 is 6.10 Å². The normalized spacial score (nSPS) is 11.6. The first-order chi connectivity index (χ1) is 14.7. The maximum atomic E-state index is 11.8. The van der Waals surface area contributed by atoms with Crippen molar-refractivity contribution in [2.75, 3.05) is 26.2 Å². The molecule has 1 unspecified atom stereocenters. The standard InChI is InChI=1S/C23H26N2O5/c26-20(14-24-11-12-25-23(27)19-10-13-28-16-19)17-30-22-9-5-4-8-21(22)29-15-18-6-2-1-3-7-18/h1-10,13,16,20,24,26H,11-12,14-15,17H2,(H,25,27). The minimum Gasteiger partial charge on any atom is -0.487 e. The lowest BCUT2D eigenvalue weighted by molar-refractivity contribution is 0.0948. The van der Waals surface area contributed by atoms with Gasteiger partial charge in [0.2, 0.25) is 0 Å². The number of carbonyl (C=O) groups excluding carboxylic acids is 1. The second-order valence-corrected chi connectivity index (χ2v) is 6.66. The van der Waals surface area contributed by atoms with E-state index in [1.165, 1.54) is 12.5 Å². The molecule has 0 bridgehead atoms. The van der Waals surface area contributed by atoms with Gasteiger partial charge in [-0.1, -0.05) is 42.5 Å². The Kier molecular flexibility index (Phi) is 8.32. The number of carbonyl (C=O) groups is 1. The molecule has 2 aromatic carbocycles. The molecule has 1 aromatic heterocycles. The second kappa shape index (κ2) is 11.6. The number of rotatable bonds is 12. The SMILES string of the molecule is O=C(NCCNCC(O)COc1ccccc1OCc1ccccc1)c1ccoc1. The predicted molar refractivity (Wildman–Crippen MR) is 113 cm³/mol. The highest BCUT2D eigenvalue weighted by atomic mass is 16.5. The van der Waals surface area contributed by atoms with Gasteiger partial charge in [-0.3, -0.25) is 4.79 Å². The second-order valence-electron chi connectivity index (χ2n) is 6.66. The molecule has 0 fully saturated rings. The van der Waals surface area contributed by atoms with Crippen LogP contribution in [0.1, 0.15) is 15.9 Å². The summed E-state index contributed by atoms with van der Waals surface area (Å²) < 4.78 is 16.5. The molecule has 1 amide bonds. The van der Waals surface area contributed by atoms with Crippen LogP contribution in [0.2, 0.25) is 0 Å². The Balaban J connectivity index is 1.34. The van der Waals surface area contributed by atoms with E-state index >= 15 is 0 Å². The van der Waals surface area contributed by atoms with Gasteiger partial charge in [-0.25, -0.2) is 0 Å². The third-order valence-electron chi connectivity index (χ3n) is 4.27. The number of furan rings is 1. The van der Waals surface area contributed by atoms with Gasteiger partial charge < -0.3 is 29.6 Å². The van der Waals surface area contributed by atoms with E-state index in [-0.39, 0.29) is 12.5 Å². The zero-order chi connectivity index (χ0) is 21.0. The summed E-state index contributed by atoms with van der Waals surface area (Å²) in [6.45, 7) is 1.87. The number of benzene rings is 2. The summed E-state index contributed by atoms with van der Waals surface area (Å²) in [4.78, 5) is 11.8. The molecule has 0 saturated heterocycles. The van der Waals surface area contributed by atoms with Crippen LogP contribution < -0.4 is 20.1 Å². The van der Waals surface area contributed by atoms with Crippen LogP contribution in [-0.4, -0.2) is 43.4 Å². The molecule has 0 saturated carbocycles. The first kappa shape index (κ1) is 21.4. The Morgan fingerprint density at radius 2 is 1.70 bits per heavy atom. The molecule has 7 nitrogen and oxygen atoms in total. The maximum absolute atomic E-state index is 11.8. The summed E-state index contributed by atoms with van der Waals surface area (Å²) in [5.41, 5.74) is 1.55. The highest BCUT2D eigenvalue weighted by Gasteiger charge is 2.10. The fraction of sp³-hybridized carbons (Fsp3) is 0.261. The zero-order valence-electron chi connectivity index (χ0n) is 16.6. The van der Waals surface area contributed by atoms with Crippen LogP contribution in [-0.2, 0) is 6.61 Å². The molecule has 1 atom stereocenters. The summed E-state index contributed by atoms with van der Waals surface area (Å²) in [5, 5.41) is 16.0. The molecule has 0 aliphatic rings. The average Bonchev–Trinajstić information content (AvgIpc) is 3.32. The predicted octanol–water partition coefficient (Wildman–Crippen LogP) is 2.62. The van der Waals surface area contributed by atoms with Gasteiger partial charge in [-0.15, -0.1) is 0 Å². The number of aliphatic hydroxyl groups is 1. The molecular formula is C23H26N2O5. The lowest BCUT2D eigenvalue weighted by Gasteiger charge is -2.16. The zero-order valence-corrected chi connectivity index (χ0v) is 16.6. The third kappa shape index (κ3) is 6.95. The number of aliphatic hydroxyl groups excluding tert-OH is 1. The van der Waals surface area contributed by atoms with E-state index in [9.17, 15) is 9.90 Å². The number of hydrogen-bond donors (Lipinski definition) is 3. The van der Waals surface area contributed by atoms with Crippen molar-refractivity contribution < 1.29 is 23.8 Å². The molecule has 0 aliphatic carbocycles. The van der Waals surface area contributed by atoms with Crippen molar-refractivity contribution in [1.82, 2.24) is 10.6 Å². The quantitative estimate of drug-likeness (QED) is 0.398. The summed E-state index contributed by atoms with van der Waals surface area (Å²) >= 11 is 0. The fourth-order valence-electron chi connectivity index (χ4n) is 2.70. The number of ether oxygens (including phenoxy) is 2. The van der Waals surface area contributed by atoms with Gasteiger partial charge in [0.05, 0.1) is 11.8 Å². The molecule has 3 N–H and O–H groups in total. The summed E-state index contributed by atoms with van der Waals surface area (Å²) in [6, 6.07) is 18.9. The molecule has 0 aliphatic heterocycles. The van der Waals surface area contributed by atoms with E-state index in [2.05, 4.69) is 10.6 Å². The first-order valence-corrected chi connectivity index (χ1v) is 9.80. The molecule has 7 heteroatoms. The minimum absolute atomic E-state index is 0.125. The van der Waals surface area contributed by atoms with E-state index in [0.29, 0.717) is 43.3 Å². The van der Waals surface area contributed by atoms with E-state index in [0.717, 1.165) is 5.56 Å². The topological polar surface area (TPSA) is 93.0 Å². The lowest BCUT2D eigenvalue weighted by Crippen LogP contribution is -2.37. The van der Waals surface area contributed by atoms with Crippen LogP contribution in [0, 0.1) is 0 Å². The van der Waals surface area contributed by atoms with Gasteiger partial charge in [0.25, 0.3) is 5.91 Å². The largest absolute Gasteiger partial charge is 0.487 e. The van der Waals surface area contributed by atoms with E-state index in [1.807, 2.05) is 54.6 Å². The first-order valence-electron chi connectivity index (χ1n) is 9.80. The highest BCUT2D eigenvalue weighted by molar-refractivity contribution is 5.93. The van der Waals surface area contributed by atoms with Gasteiger partial charge in [0.15, 0.2) is 11.5 Å². The molecule has 158 valence electrons. The van der Waals surface area contributed by atoms with Gasteiger partial charge in [-0.05, 0) is 23.8 Å². The average molecular weight is 410 g/mol. The molecule has 1 heterocycles. The fourth-order valence-corrected chi connectivity index (χ4v) is 2.70. The van der Waals surface area contributed by atoms with Crippen LogP contribution in [0.5, 0.6) is 11.5 Å². The Bertz CT molecular complexity index is 884. The Hall–Kier alpha value is -3.29. The Morgan fingerprint density at radius 1 is 0.967 bits per heavy atom. The van der Waals surface area contributed by atoms with Crippen molar-refractivity contribution >= 4 is 5.91 Å². The van der Waals surface area contributed by atoms with Crippen LogP contribution in [0.3, 0.4) is 0 Å². The number of para-hydroxylation sites is 2. The van der Waals surface area contributed by atoms with Crippen molar-refractivity contribution in [3.63, 3.8) is 0 Å². The monoisotopic (exact) mass is 410 g/mol. The highest BCUT2D eigenvalue weighted by Crippen LogP contribution is 2.27. The van der Waals surface area contributed by atoms with Crippen molar-refractivity contribution in [3.05, 3.63) is 84.3 Å². The van der Waals surface area contributed by atoms with Crippen molar-refractivity contribution in [2.24, 2.45) is 0 Å². The van der Waals surface area contributed by atoms with E-state index in [4.69, 9.17) is 13.9 Å². The van der Waals surface area contributed by atoms with Gasteiger partial charge >= 0.3 is 0 Å². The lowest BCUT2D eigenvalue weighted by atomic mass is 10.2. The molecule has 0 spiro atoms. The van der Waals surface area contributed by atoms with Crippen LogP contribution in [0.15, 0.2) is 77.6 Å². The number of hydrogen-bond acceptors (Lipinski definition) is 6. The smallest absolute Gasteiger partial charge is 0.254 e. The van der Waals surface area contributed by atoms with E-state index in [1.54, 1.807) is 6.07 Å². The minimum atomic E-state index is -0.697. The third-order valence-corrected chi connectivity index (χ3v) is 4.27. The van der Waals surface area contributed by atoms with Crippen molar-refractivity contribution in [1.29, 1.82) is 0 Å². The maximum Gasteiger partial charge on any atom is 0.254 e. The van der Waals surface area contributed by atoms with Crippen LogP contribution in [0.4, 0.5) is 0 Å². The number of nitrogens with one attached hydrogen (secondary N) is 2. The summed E-state index contributed by atoms with van der Waals surface area (Å²) in [7, 11) is 0. The molecule has 3 rings (SSSR count). The Morgan fingerprint density at radius 3 is 2.43 bits per heavy atom. The van der Waals surface area contributed by atoms with Crippen LogP contribution >= 0.6 is 0 Å². The van der Waals surface area contributed by atoms with Crippen LogP contribution in [0.25, 0.3) is 0 Å². The summed E-state index contributed by atoms with van der Waals surface area (Å²) in [5.74, 6) is 1.02.